The molecule has 17 heavy (non-hydrogen) atoms. The lowest BCUT2D eigenvalue weighted by Gasteiger charge is -2.09. The Bertz CT molecular complexity index is 512. The van der Waals surface area contributed by atoms with Crippen LogP contribution in [0.25, 0.3) is 0 Å². The van der Waals surface area contributed by atoms with Gasteiger partial charge in [0.25, 0.3) is 0 Å². The Morgan fingerprint density at radius 2 is 2.06 bits per heavy atom. The molecule has 88 valence electrons. The molecule has 0 aromatic carbocycles. The third kappa shape index (κ3) is 2.79. The van der Waals surface area contributed by atoms with Crippen LogP contribution < -0.4 is 4.74 Å². The minimum absolute atomic E-state index is 0.458. The van der Waals surface area contributed by atoms with E-state index in [9.17, 15) is 5.11 Å². The number of aromatic nitrogens is 2. The minimum atomic E-state index is -0.532. The quantitative estimate of drug-likeness (QED) is 0.880. The first kappa shape index (κ1) is 11.5. The molecule has 0 aliphatic carbocycles. The highest BCUT2D eigenvalue weighted by Crippen LogP contribution is 2.23. The van der Waals surface area contributed by atoms with Crippen LogP contribution in [-0.4, -0.2) is 15.1 Å². The van der Waals surface area contributed by atoms with Gasteiger partial charge in [0.15, 0.2) is 5.75 Å². The number of ether oxygens (including phenoxy) is 1. The molecular formula is C13H14N2O2. The Morgan fingerprint density at radius 3 is 2.76 bits per heavy atom. The SMILES string of the molecule is Cc1ncccc1Oc1cc(C(C)O)ccn1. The van der Waals surface area contributed by atoms with E-state index < -0.39 is 6.10 Å². The van der Waals surface area contributed by atoms with Crippen molar-refractivity contribution in [2.75, 3.05) is 0 Å². The van der Waals surface area contributed by atoms with Gasteiger partial charge in [-0.05, 0) is 37.6 Å². The third-order valence-electron chi connectivity index (χ3n) is 2.41. The zero-order valence-electron chi connectivity index (χ0n) is 9.79. The van der Waals surface area contributed by atoms with Crippen LogP contribution in [0.15, 0.2) is 36.7 Å². The summed E-state index contributed by atoms with van der Waals surface area (Å²) in [5.74, 6) is 1.13. The molecule has 0 saturated carbocycles. The number of hydrogen-bond donors (Lipinski definition) is 1. The standard InChI is InChI=1S/C13H14N2O2/c1-9-12(4-3-6-14-9)17-13-8-11(10(2)16)5-7-15-13/h3-8,10,16H,1-2H3. The van der Waals surface area contributed by atoms with Gasteiger partial charge in [-0.25, -0.2) is 4.98 Å². The second-order valence-electron chi connectivity index (χ2n) is 3.79. The molecule has 2 aromatic rings. The predicted octanol–water partition coefficient (Wildman–Crippen LogP) is 2.63. The molecule has 4 nitrogen and oxygen atoms in total. The molecule has 0 aliphatic rings. The zero-order valence-corrected chi connectivity index (χ0v) is 9.79. The Labute approximate surface area is 99.9 Å². The van der Waals surface area contributed by atoms with Gasteiger partial charge in [0, 0.05) is 18.5 Å². The molecule has 0 saturated heterocycles. The normalized spacial score (nSPS) is 12.2. The van der Waals surface area contributed by atoms with Crippen LogP contribution in [0.3, 0.4) is 0 Å². The Balaban J connectivity index is 2.25. The first-order valence-corrected chi connectivity index (χ1v) is 5.40. The van der Waals surface area contributed by atoms with Crippen molar-refractivity contribution in [2.45, 2.75) is 20.0 Å². The van der Waals surface area contributed by atoms with Crippen molar-refractivity contribution in [3.63, 3.8) is 0 Å². The van der Waals surface area contributed by atoms with Crippen molar-refractivity contribution in [3.05, 3.63) is 47.9 Å². The summed E-state index contributed by atoms with van der Waals surface area (Å²) in [7, 11) is 0. The van der Waals surface area contributed by atoms with Gasteiger partial charge in [-0.1, -0.05) is 0 Å². The minimum Gasteiger partial charge on any atom is -0.437 e. The van der Waals surface area contributed by atoms with Gasteiger partial charge < -0.3 is 9.84 Å². The van der Waals surface area contributed by atoms with Crippen LogP contribution >= 0.6 is 0 Å². The molecule has 2 heterocycles. The summed E-state index contributed by atoms with van der Waals surface area (Å²) in [6.07, 6.45) is 2.79. The van der Waals surface area contributed by atoms with E-state index in [0.29, 0.717) is 11.6 Å². The molecular weight excluding hydrogens is 216 g/mol. The highest BCUT2D eigenvalue weighted by atomic mass is 16.5. The van der Waals surface area contributed by atoms with Crippen molar-refractivity contribution in [3.8, 4) is 11.6 Å². The van der Waals surface area contributed by atoms with E-state index in [1.54, 1.807) is 37.5 Å². The predicted molar refractivity (Wildman–Crippen MR) is 63.9 cm³/mol. The maximum atomic E-state index is 9.47. The van der Waals surface area contributed by atoms with Gasteiger partial charge in [-0.3, -0.25) is 4.98 Å². The Hall–Kier alpha value is -1.94. The molecule has 2 rings (SSSR count). The van der Waals surface area contributed by atoms with Gasteiger partial charge in [0.05, 0.1) is 11.8 Å². The summed E-state index contributed by atoms with van der Waals surface area (Å²) in [4.78, 5) is 8.23. The number of aliphatic hydroxyl groups is 1. The monoisotopic (exact) mass is 230 g/mol. The smallest absolute Gasteiger partial charge is 0.219 e. The van der Waals surface area contributed by atoms with E-state index in [-0.39, 0.29) is 0 Å². The van der Waals surface area contributed by atoms with Crippen molar-refractivity contribution < 1.29 is 9.84 Å². The molecule has 0 spiro atoms. The van der Waals surface area contributed by atoms with E-state index in [0.717, 1.165) is 11.3 Å². The number of rotatable bonds is 3. The maximum absolute atomic E-state index is 9.47. The van der Waals surface area contributed by atoms with Crippen LogP contribution in [0.5, 0.6) is 11.6 Å². The third-order valence-corrected chi connectivity index (χ3v) is 2.41. The topological polar surface area (TPSA) is 55.2 Å². The summed E-state index contributed by atoms with van der Waals surface area (Å²) >= 11 is 0. The lowest BCUT2D eigenvalue weighted by molar-refractivity contribution is 0.198. The molecule has 4 heteroatoms. The highest BCUT2D eigenvalue weighted by Gasteiger charge is 2.06. The van der Waals surface area contributed by atoms with E-state index in [2.05, 4.69) is 9.97 Å². The lowest BCUT2D eigenvalue weighted by Crippen LogP contribution is -1.95. The van der Waals surface area contributed by atoms with Gasteiger partial charge in [-0.2, -0.15) is 0 Å². The van der Waals surface area contributed by atoms with Crippen molar-refractivity contribution in [2.24, 2.45) is 0 Å². The summed E-state index contributed by atoms with van der Waals surface area (Å²) in [6.45, 7) is 3.57. The van der Waals surface area contributed by atoms with Crippen molar-refractivity contribution in [1.29, 1.82) is 0 Å². The number of aryl methyl sites for hydroxylation is 1. The Morgan fingerprint density at radius 1 is 1.24 bits per heavy atom. The number of aliphatic hydroxyl groups excluding tert-OH is 1. The molecule has 1 atom stereocenters. The lowest BCUT2D eigenvalue weighted by atomic mass is 10.2. The van der Waals surface area contributed by atoms with E-state index in [4.69, 9.17) is 4.74 Å². The average molecular weight is 230 g/mol. The van der Waals surface area contributed by atoms with Crippen LogP contribution in [0.2, 0.25) is 0 Å². The van der Waals surface area contributed by atoms with Crippen LogP contribution in [0.4, 0.5) is 0 Å². The summed E-state index contributed by atoms with van der Waals surface area (Å²) in [5, 5.41) is 9.47. The fourth-order valence-corrected chi connectivity index (χ4v) is 1.43. The van der Waals surface area contributed by atoms with Gasteiger partial charge in [-0.15, -0.1) is 0 Å². The fraction of sp³-hybridized carbons (Fsp3) is 0.231. The second-order valence-corrected chi connectivity index (χ2v) is 3.79. The number of hydrogen-bond acceptors (Lipinski definition) is 4. The van der Waals surface area contributed by atoms with Crippen LogP contribution in [0.1, 0.15) is 24.3 Å². The van der Waals surface area contributed by atoms with Gasteiger partial charge in [0.1, 0.15) is 0 Å². The molecule has 0 aliphatic heterocycles. The van der Waals surface area contributed by atoms with Crippen molar-refractivity contribution in [1.82, 2.24) is 9.97 Å². The Kier molecular flexibility index (Phi) is 3.35. The zero-order chi connectivity index (χ0) is 12.3. The van der Waals surface area contributed by atoms with Crippen LogP contribution in [-0.2, 0) is 0 Å². The summed E-state index contributed by atoms with van der Waals surface area (Å²) < 4.78 is 5.62. The first-order chi connectivity index (χ1) is 8.16. The van der Waals surface area contributed by atoms with Crippen molar-refractivity contribution >= 4 is 0 Å². The highest BCUT2D eigenvalue weighted by molar-refractivity contribution is 5.31. The molecule has 1 N–H and O–H groups in total. The van der Waals surface area contributed by atoms with Gasteiger partial charge >= 0.3 is 0 Å². The molecule has 0 fully saturated rings. The second kappa shape index (κ2) is 4.93. The van der Waals surface area contributed by atoms with E-state index >= 15 is 0 Å². The average Bonchev–Trinajstić information content (AvgIpc) is 2.32. The summed E-state index contributed by atoms with van der Waals surface area (Å²) in [6, 6.07) is 7.12. The first-order valence-electron chi connectivity index (χ1n) is 5.40. The van der Waals surface area contributed by atoms with Gasteiger partial charge in [0.2, 0.25) is 5.88 Å². The molecule has 1 unspecified atom stereocenters. The van der Waals surface area contributed by atoms with Crippen LogP contribution in [0, 0.1) is 6.92 Å². The molecule has 2 aromatic heterocycles. The molecule has 0 bridgehead atoms. The van der Waals surface area contributed by atoms with E-state index in [1.165, 1.54) is 0 Å². The summed E-state index contributed by atoms with van der Waals surface area (Å²) in [5.41, 5.74) is 1.58. The number of nitrogens with zero attached hydrogens (tertiary/aromatic N) is 2. The van der Waals surface area contributed by atoms with E-state index in [1.807, 2.05) is 13.0 Å². The number of pyridine rings is 2. The molecule has 0 radical (unpaired) electrons. The molecule has 0 amide bonds. The fourth-order valence-electron chi connectivity index (χ4n) is 1.43. The largest absolute Gasteiger partial charge is 0.437 e. The maximum Gasteiger partial charge on any atom is 0.219 e.